The monoisotopic (exact) mass is 262 g/mol. The third kappa shape index (κ3) is 4.11. The number of anilines is 1. The van der Waals surface area contributed by atoms with Crippen LogP contribution in [0.4, 0.5) is 5.82 Å². The van der Waals surface area contributed by atoms with E-state index in [4.69, 9.17) is 4.42 Å². The molecular formula is C14H18N2OS. The standard InChI is InChI=1S/C14H18N2OS/c1-2-6-15-14-9-12(5-7-16-14)10-18-11-13-4-3-8-17-13/h3-5,7-9H,2,6,10-11H2,1H3,(H,15,16). The Balaban J connectivity index is 1.81. The van der Waals surface area contributed by atoms with Crippen LogP contribution in [0.3, 0.4) is 0 Å². The van der Waals surface area contributed by atoms with Gasteiger partial charge in [0.05, 0.1) is 12.0 Å². The second-order valence-electron chi connectivity index (χ2n) is 4.05. The van der Waals surface area contributed by atoms with Crippen LogP contribution in [0.1, 0.15) is 24.7 Å². The molecule has 2 heterocycles. The Hall–Kier alpha value is -1.42. The van der Waals surface area contributed by atoms with Crippen molar-refractivity contribution in [1.82, 2.24) is 4.98 Å². The number of thioether (sulfide) groups is 1. The lowest BCUT2D eigenvalue weighted by molar-refractivity contribution is 0.530. The number of hydrogen-bond acceptors (Lipinski definition) is 4. The van der Waals surface area contributed by atoms with Crippen molar-refractivity contribution in [2.75, 3.05) is 11.9 Å². The second kappa shape index (κ2) is 7.11. The average Bonchev–Trinajstić information content (AvgIpc) is 2.90. The van der Waals surface area contributed by atoms with E-state index in [-0.39, 0.29) is 0 Å². The highest BCUT2D eigenvalue weighted by atomic mass is 32.2. The molecule has 0 aliphatic carbocycles. The molecule has 0 bridgehead atoms. The Morgan fingerprint density at radius 1 is 1.33 bits per heavy atom. The van der Waals surface area contributed by atoms with Gasteiger partial charge in [-0.3, -0.25) is 0 Å². The van der Waals surface area contributed by atoms with E-state index < -0.39 is 0 Å². The largest absolute Gasteiger partial charge is 0.468 e. The van der Waals surface area contributed by atoms with Crippen LogP contribution >= 0.6 is 11.8 Å². The van der Waals surface area contributed by atoms with Gasteiger partial charge in [-0.05, 0) is 36.2 Å². The summed E-state index contributed by atoms with van der Waals surface area (Å²) in [5.41, 5.74) is 1.29. The molecule has 0 saturated carbocycles. The summed E-state index contributed by atoms with van der Waals surface area (Å²) in [6, 6.07) is 8.11. The molecule has 2 aromatic heterocycles. The third-order valence-electron chi connectivity index (χ3n) is 2.47. The van der Waals surface area contributed by atoms with Gasteiger partial charge in [-0.1, -0.05) is 6.92 Å². The molecular weight excluding hydrogens is 244 g/mol. The zero-order valence-electron chi connectivity index (χ0n) is 10.6. The highest BCUT2D eigenvalue weighted by molar-refractivity contribution is 7.97. The molecule has 18 heavy (non-hydrogen) atoms. The fourth-order valence-electron chi connectivity index (χ4n) is 1.58. The molecule has 0 aliphatic rings. The van der Waals surface area contributed by atoms with Gasteiger partial charge in [0, 0.05) is 18.5 Å². The van der Waals surface area contributed by atoms with Crippen LogP contribution in [0.25, 0.3) is 0 Å². The van der Waals surface area contributed by atoms with Gasteiger partial charge in [-0.25, -0.2) is 4.98 Å². The minimum Gasteiger partial charge on any atom is -0.468 e. The summed E-state index contributed by atoms with van der Waals surface area (Å²) in [6.07, 6.45) is 4.69. The maximum atomic E-state index is 5.30. The van der Waals surface area contributed by atoms with Crippen LogP contribution in [0.2, 0.25) is 0 Å². The number of pyridine rings is 1. The Morgan fingerprint density at radius 2 is 2.28 bits per heavy atom. The molecule has 0 aliphatic heterocycles. The highest BCUT2D eigenvalue weighted by Crippen LogP contribution is 2.19. The van der Waals surface area contributed by atoms with Crippen molar-refractivity contribution in [3.05, 3.63) is 48.0 Å². The number of aromatic nitrogens is 1. The first kappa shape index (κ1) is 13.0. The highest BCUT2D eigenvalue weighted by Gasteiger charge is 1.99. The van der Waals surface area contributed by atoms with Crippen molar-refractivity contribution in [1.29, 1.82) is 0 Å². The van der Waals surface area contributed by atoms with Crippen molar-refractivity contribution in [2.24, 2.45) is 0 Å². The van der Waals surface area contributed by atoms with Gasteiger partial charge in [-0.15, -0.1) is 11.8 Å². The number of nitrogens with one attached hydrogen (secondary N) is 1. The maximum absolute atomic E-state index is 5.30. The Morgan fingerprint density at radius 3 is 3.06 bits per heavy atom. The zero-order chi connectivity index (χ0) is 12.6. The molecule has 0 amide bonds. The Kier molecular flexibility index (Phi) is 5.15. The van der Waals surface area contributed by atoms with E-state index in [0.717, 1.165) is 36.0 Å². The van der Waals surface area contributed by atoms with Crippen LogP contribution in [0, 0.1) is 0 Å². The van der Waals surface area contributed by atoms with Crippen molar-refractivity contribution < 1.29 is 4.42 Å². The smallest absolute Gasteiger partial charge is 0.126 e. The normalized spacial score (nSPS) is 10.5. The molecule has 3 nitrogen and oxygen atoms in total. The molecule has 0 unspecified atom stereocenters. The van der Waals surface area contributed by atoms with Gasteiger partial charge in [0.2, 0.25) is 0 Å². The molecule has 2 rings (SSSR count). The molecule has 0 saturated heterocycles. The predicted octanol–water partition coefficient (Wildman–Crippen LogP) is 3.93. The van der Waals surface area contributed by atoms with E-state index in [1.54, 1.807) is 6.26 Å². The molecule has 0 atom stereocenters. The molecule has 96 valence electrons. The van der Waals surface area contributed by atoms with Crippen molar-refractivity contribution in [3.8, 4) is 0 Å². The summed E-state index contributed by atoms with van der Waals surface area (Å²) in [4.78, 5) is 4.30. The minimum absolute atomic E-state index is 0.910. The number of nitrogens with zero attached hydrogens (tertiary/aromatic N) is 1. The molecule has 0 radical (unpaired) electrons. The van der Waals surface area contributed by atoms with Crippen molar-refractivity contribution >= 4 is 17.6 Å². The van der Waals surface area contributed by atoms with Crippen molar-refractivity contribution in [3.63, 3.8) is 0 Å². The van der Waals surface area contributed by atoms with Gasteiger partial charge in [0.1, 0.15) is 11.6 Å². The van der Waals surface area contributed by atoms with Crippen LogP contribution < -0.4 is 5.32 Å². The predicted molar refractivity (Wildman–Crippen MR) is 76.7 cm³/mol. The SMILES string of the molecule is CCCNc1cc(CSCc2ccco2)ccn1. The topological polar surface area (TPSA) is 38.1 Å². The van der Waals surface area contributed by atoms with Gasteiger partial charge in [-0.2, -0.15) is 0 Å². The Labute approximate surface area is 112 Å². The second-order valence-corrected chi connectivity index (χ2v) is 5.03. The number of hydrogen-bond donors (Lipinski definition) is 1. The molecule has 0 fully saturated rings. The summed E-state index contributed by atoms with van der Waals surface area (Å²) in [5.74, 6) is 3.88. The average molecular weight is 262 g/mol. The lowest BCUT2D eigenvalue weighted by Crippen LogP contribution is -2.01. The quantitative estimate of drug-likeness (QED) is 0.820. The molecule has 0 aromatic carbocycles. The van der Waals surface area contributed by atoms with Gasteiger partial charge < -0.3 is 9.73 Å². The zero-order valence-corrected chi connectivity index (χ0v) is 11.4. The fraction of sp³-hybridized carbons (Fsp3) is 0.357. The fourth-order valence-corrected chi connectivity index (χ4v) is 2.46. The summed E-state index contributed by atoms with van der Waals surface area (Å²) < 4.78 is 5.30. The maximum Gasteiger partial charge on any atom is 0.126 e. The number of rotatable bonds is 7. The first-order chi connectivity index (χ1) is 8.88. The lowest BCUT2D eigenvalue weighted by atomic mass is 10.3. The molecule has 1 N–H and O–H groups in total. The summed E-state index contributed by atoms with van der Waals surface area (Å²) in [6.45, 7) is 3.12. The first-order valence-corrected chi connectivity index (χ1v) is 7.33. The Bertz CT molecular complexity index is 457. The van der Waals surface area contributed by atoms with Crippen LogP contribution in [0.5, 0.6) is 0 Å². The van der Waals surface area contributed by atoms with Crippen molar-refractivity contribution in [2.45, 2.75) is 24.9 Å². The van der Waals surface area contributed by atoms with E-state index >= 15 is 0 Å². The lowest BCUT2D eigenvalue weighted by Gasteiger charge is -2.06. The van der Waals surface area contributed by atoms with Crippen LogP contribution in [0.15, 0.2) is 41.1 Å². The van der Waals surface area contributed by atoms with E-state index in [0.29, 0.717) is 0 Å². The summed E-state index contributed by atoms with van der Waals surface area (Å²) in [7, 11) is 0. The molecule has 2 aromatic rings. The van der Waals surface area contributed by atoms with E-state index in [9.17, 15) is 0 Å². The van der Waals surface area contributed by atoms with Gasteiger partial charge >= 0.3 is 0 Å². The molecule has 4 heteroatoms. The van der Waals surface area contributed by atoms with E-state index in [2.05, 4.69) is 29.4 Å². The van der Waals surface area contributed by atoms with Crippen LogP contribution in [-0.4, -0.2) is 11.5 Å². The summed E-state index contributed by atoms with van der Waals surface area (Å²) in [5, 5.41) is 3.30. The summed E-state index contributed by atoms with van der Waals surface area (Å²) >= 11 is 1.85. The van der Waals surface area contributed by atoms with Crippen LogP contribution in [-0.2, 0) is 11.5 Å². The first-order valence-electron chi connectivity index (χ1n) is 6.17. The van der Waals surface area contributed by atoms with E-state index in [1.807, 2.05) is 30.1 Å². The third-order valence-corrected chi connectivity index (χ3v) is 3.50. The number of furan rings is 1. The molecule has 0 spiro atoms. The van der Waals surface area contributed by atoms with E-state index in [1.165, 1.54) is 5.56 Å². The van der Waals surface area contributed by atoms with Gasteiger partial charge in [0.25, 0.3) is 0 Å². The van der Waals surface area contributed by atoms with Gasteiger partial charge in [0.15, 0.2) is 0 Å². The minimum atomic E-state index is 0.910.